The average molecular weight is 299 g/mol. The lowest BCUT2D eigenvalue weighted by atomic mass is 10.1. The highest BCUT2D eigenvalue weighted by Crippen LogP contribution is 2.11. The van der Waals surface area contributed by atoms with Gasteiger partial charge in [0.15, 0.2) is 0 Å². The third-order valence-corrected chi connectivity index (χ3v) is 3.01. The highest BCUT2D eigenvalue weighted by atomic mass is 16.5. The Morgan fingerprint density at radius 2 is 1.59 bits per heavy atom. The number of alkyl carbamates (subject to hydrolysis) is 1. The summed E-state index contributed by atoms with van der Waals surface area (Å²) in [4.78, 5) is 23.7. The molecule has 0 fully saturated rings. The molecule has 1 N–H and O–H groups in total. The van der Waals surface area contributed by atoms with Gasteiger partial charge >= 0.3 is 12.1 Å². The van der Waals surface area contributed by atoms with Crippen LogP contribution in [0.3, 0.4) is 0 Å². The van der Waals surface area contributed by atoms with E-state index in [1.165, 1.54) is 7.11 Å². The van der Waals surface area contributed by atoms with Crippen LogP contribution in [0.4, 0.5) is 4.79 Å². The van der Waals surface area contributed by atoms with Crippen molar-refractivity contribution >= 4 is 12.1 Å². The molecule has 22 heavy (non-hydrogen) atoms. The molecule has 0 aromatic heterocycles. The van der Waals surface area contributed by atoms with Crippen molar-refractivity contribution in [2.45, 2.75) is 12.5 Å². The number of esters is 1. The quantitative estimate of drug-likeness (QED) is 0.680. The Morgan fingerprint density at radius 1 is 1.00 bits per heavy atom. The van der Waals surface area contributed by atoms with E-state index in [0.29, 0.717) is 12.2 Å². The summed E-state index contributed by atoms with van der Waals surface area (Å²) >= 11 is 0. The lowest BCUT2D eigenvalue weighted by molar-refractivity contribution is -0.136. The van der Waals surface area contributed by atoms with Gasteiger partial charge in [-0.15, -0.1) is 0 Å². The van der Waals surface area contributed by atoms with E-state index in [1.54, 1.807) is 24.3 Å². The molecule has 0 saturated heterocycles. The van der Waals surface area contributed by atoms with Crippen molar-refractivity contribution in [1.29, 1.82) is 0 Å². The second-order valence-corrected chi connectivity index (χ2v) is 4.61. The topological polar surface area (TPSA) is 64.6 Å². The van der Waals surface area contributed by atoms with Crippen molar-refractivity contribution in [1.82, 2.24) is 5.32 Å². The van der Waals surface area contributed by atoms with Gasteiger partial charge in [-0.1, -0.05) is 48.5 Å². The first kappa shape index (κ1) is 15.6. The molecule has 2 aromatic carbocycles. The van der Waals surface area contributed by atoms with E-state index in [9.17, 15) is 9.59 Å². The van der Waals surface area contributed by atoms with Crippen LogP contribution in [0.15, 0.2) is 60.7 Å². The molecule has 5 nitrogen and oxygen atoms in total. The third kappa shape index (κ3) is 4.63. The molecule has 0 aliphatic rings. The van der Waals surface area contributed by atoms with Crippen molar-refractivity contribution in [2.24, 2.45) is 0 Å². The van der Waals surface area contributed by atoms with Crippen LogP contribution in [0, 0.1) is 0 Å². The molecule has 1 amide bonds. The van der Waals surface area contributed by atoms with Crippen LogP contribution >= 0.6 is 0 Å². The smallest absolute Gasteiger partial charge is 0.407 e. The monoisotopic (exact) mass is 299 g/mol. The fourth-order valence-corrected chi connectivity index (χ4v) is 1.92. The summed E-state index contributed by atoms with van der Waals surface area (Å²) < 4.78 is 9.85. The van der Waals surface area contributed by atoms with Gasteiger partial charge in [0, 0.05) is 6.42 Å². The lowest BCUT2D eigenvalue weighted by Gasteiger charge is -2.17. The van der Waals surface area contributed by atoms with E-state index in [4.69, 9.17) is 4.74 Å². The van der Waals surface area contributed by atoms with E-state index in [0.717, 1.165) is 5.56 Å². The van der Waals surface area contributed by atoms with Gasteiger partial charge < -0.3 is 14.8 Å². The second kappa shape index (κ2) is 7.83. The largest absolute Gasteiger partial charge is 0.453 e. The fourth-order valence-electron chi connectivity index (χ4n) is 1.92. The Morgan fingerprint density at radius 3 is 2.18 bits per heavy atom. The zero-order valence-electron chi connectivity index (χ0n) is 12.2. The van der Waals surface area contributed by atoms with Gasteiger partial charge in [-0.3, -0.25) is 0 Å². The number of hydrogen-bond donors (Lipinski definition) is 1. The Balaban J connectivity index is 2.09. The summed E-state index contributed by atoms with van der Waals surface area (Å²) in [5, 5.41) is 2.50. The summed E-state index contributed by atoms with van der Waals surface area (Å²) in [6.07, 6.45) is -0.354. The van der Waals surface area contributed by atoms with Crippen LogP contribution in [-0.4, -0.2) is 25.2 Å². The summed E-state index contributed by atoms with van der Waals surface area (Å²) in [6, 6.07) is 17.3. The van der Waals surface area contributed by atoms with Crippen LogP contribution in [0.5, 0.6) is 5.75 Å². The third-order valence-electron chi connectivity index (χ3n) is 3.01. The van der Waals surface area contributed by atoms with E-state index in [2.05, 4.69) is 10.1 Å². The molecule has 0 unspecified atom stereocenters. The minimum absolute atomic E-state index is 0.321. The maximum Gasteiger partial charge on any atom is 0.407 e. The average Bonchev–Trinajstić information content (AvgIpc) is 2.56. The second-order valence-electron chi connectivity index (χ2n) is 4.61. The molecular formula is C17H17NO4. The minimum Gasteiger partial charge on any atom is -0.453 e. The molecule has 0 aliphatic heterocycles. The first-order valence-electron chi connectivity index (χ1n) is 6.84. The number of rotatable bonds is 5. The predicted octanol–water partition coefficient (Wildman–Crippen LogP) is 2.56. The summed E-state index contributed by atoms with van der Waals surface area (Å²) in [7, 11) is 1.25. The van der Waals surface area contributed by atoms with Crippen molar-refractivity contribution in [3.63, 3.8) is 0 Å². The Kier molecular flexibility index (Phi) is 5.54. The van der Waals surface area contributed by atoms with Gasteiger partial charge in [0.2, 0.25) is 0 Å². The molecule has 5 heteroatoms. The van der Waals surface area contributed by atoms with Crippen LogP contribution in [0.1, 0.15) is 5.56 Å². The molecular weight excluding hydrogens is 282 g/mol. The number of hydrogen-bond acceptors (Lipinski definition) is 4. The number of carbonyl (C=O) groups is 2. The first-order valence-corrected chi connectivity index (χ1v) is 6.84. The number of amides is 1. The molecule has 0 bridgehead atoms. The van der Waals surface area contributed by atoms with Gasteiger partial charge in [0.1, 0.15) is 11.8 Å². The van der Waals surface area contributed by atoms with Crippen molar-refractivity contribution < 1.29 is 19.1 Å². The SMILES string of the molecule is COC(=O)N[C@@H](Cc1ccccc1)C(=O)Oc1ccccc1. The van der Waals surface area contributed by atoms with Gasteiger partial charge in [0.25, 0.3) is 0 Å². The summed E-state index contributed by atoms with van der Waals surface area (Å²) in [5.74, 6) is -0.113. The van der Waals surface area contributed by atoms with Crippen LogP contribution in [-0.2, 0) is 16.0 Å². The van der Waals surface area contributed by atoms with Gasteiger partial charge in [-0.05, 0) is 17.7 Å². The van der Waals surface area contributed by atoms with E-state index in [1.807, 2.05) is 36.4 Å². The van der Waals surface area contributed by atoms with Crippen molar-refractivity contribution in [2.75, 3.05) is 7.11 Å². The Bertz CT molecular complexity index is 613. The Hall–Kier alpha value is -2.82. The molecule has 2 aromatic rings. The minimum atomic E-state index is -0.824. The maximum atomic E-state index is 12.3. The predicted molar refractivity (Wildman–Crippen MR) is 81.6 cm³/mol. The van der Waals surface area contributed by atoms with Gasteiger partial charge in [-0.25, -0.2) is 9.59 Å². The number of carbonyl (C=O) groups excluding carboxylic acids is 2. The summed E-state index contributed by atoms with van der Waals surface area (Å²) in [6.45, 7) is 0. The number of ether oxygens (including phenoxy) is 2. The van der Waals surface area contributed by atoms with E-state index < -0.39 is 18.1 Å². The van der Waals surface area contributed by atoms with Crippen molar-refractivity contribution in [3.8, 4) is 5.75 Å². The number of methoxy groups -OCH3 is 1. The van der Waals surface area contributed by atoms with Gasteiger partial charge in [0.05, 0.1) is 7.11 Å². The maximum absolute atomic E-state index is 12.3. The fraction of sp³-hybridized carbons (Fsp3) is 0.176. The normalized spacial score (nSPS) is 11.3. The highest BCUT2D eigenvalue weighted by molar-refractivity contribution is 5.83. The van der Waals surface area contributed by atoms with Crippen LogP contribution in [0.2, 0.25) is 0 Å². The zero-order chi connectivity index (χ0) is 15.8. The molecule has 0 radical (unpaired) electrons. The molecule has 0 spiro atoms. The van der Waals surface area contributed by atoms with Gasteiger partial charge in [-0.2, -0.15) is 0 Å². The van der Waals surface area contributed by atoms with E-state index >= 15 is 0 Å². The molecule has 114 valence electrons. The molecule has 1 atom stereocenters. The first-order chi connectivity index (χ1) is 10.7. The molecule has 0 aliphatic carbocycles. The molecule has 2 rings (SSSR count). The van der Waals surface area contributed by atoms with Crippen molar-refractivity contribution in [3.05, 3.63) is 66.2 Å². The number of para-hydroxylation sites is 1. The summed E-state index contributed by atoms with van der Waals surface area (Å²) in [5.41, 5.74) is 0.911. The highest BCUT2D eigenvalue weighted by Gasteiger charge is 2.23. The number of nitrogens with one attached hydrogen (secondary N) is 1. The Labute approximate surface area is 128 Å². The molecule has 0 saturated carbocycles. The lowest BCUT2D eigenvalue weighted by Crippen LogP contribution is -2.44. The number of benzene rings is 2. The van der Waals surface area contributed by atoms with E-state index in [-0.39, 0.29) is 0 Å². The van der Waals surface area contributed by atoms with Crippen LogP contribution in [0.25, 0.3) is 0 Å². The molecule has 0 heterocycles. The standard InChI is InChI=1S/C17H17NO4/c1-21-17(20)18-15(12-13-8-4-2-5-9-13)16(19)22-14-10-6-3-7-11-14/h2-11,15H,12H2,1H3,(H,18,20)/t15-/m0/s1. The van der Waals surface area contributed by atoms with Crippen LogP contribution < -0.4 is 10.1 Å². The zero-order valence-corrected chi connectivity index (χ0v) is 12.2.